The third-order valence-corrected chi connectivity index (χ3v) is 5.85. The summed E-state index contributed by atoms with van der Waals surface area (Å²) < 4.78 is 0. The van der Waals surface area contributed by atoms with E-state index in [4.69, 9.17) is 0 Å². The summed E-state index contributed by atoms with van der Waals surface area (Å²) in [5.41, 5.74) is 4.34. The van der Waals surface area contributed by atoms with E-state index in [0.29, 0.717) is 12.1 Å². The van der Waals surface area contributed by atoms with Gasteiger partial charge in [0.25, 0.3) is 0 Å². The molecule has 0 amide bonds. The molecule has 4 rings (SSSR count). The van der Waals surface area contributed by atoms with Crippen molar-refractivity contribution in [2.75, 3.05) is 0 Å². The van der Waals surface area contributed by atoms with Crippen LogP contribution in [0.4, 0.5) is 0 Å². The van der Waals surface area contributed by atoms with Crippen molar-refractivity contribution in [3.8, 4) is 0 Å². The van der Waals surface area contributed by atoms with Gasteiger partial charge in [-0.2, -0.15) is 0 Å². The van der Waals surface area contributed by atoms with Crippen LogP contribution in [-0.2, 0) is 19.4 Å². The lowest BCUT2D eigenvalue weighted by Gasteiger charge is -2.43. The number of hydrogen-bond acceptors (Lipinski definition) is 1. The lowest BCUT2D eigenvalue weighted by molar-refractivity contribution is 0.0742. The molecule has 2 unspecified atom stereocenters. The summed E-state index contributed by atoms with van der Waals surface area (Å²) in [5, 5.41) is 0. The van der Waals surface area contributed by atoms with Crippen LogP contribution in [0.3, 0.4) is 0 Å². The molecule has 0 radical (unpaired) electrons. The minimum Gasteiger partial charge on any atom is -0.293 e. The van der Waals surface area contributed by atoms with Crippen LogP contribution in [0.5, 0.6) is 0 Å². The fourth-order valence-electron chi connectivity index (χ4n) is 4.48. The Kier molecular flexibility index (Phi) is 6.01. The largest absolute Gasteiger partial charge is 0.293 e. The quantitative estimate of drug-likeness (QED) is 0.532. The van der Waals surface area contributed by atoms with Gasteiger partial charge in [-0.15, -0.1) is 0 Å². The maximum absolute atomic E-state index is 2.79. The third kappa shape index (κ3) is 4.87. The monoisotopic (exact) mass is 355 g/mol. The zero-order valence-electron chi connectivity index (χ0n) is 16.0. The van der Waals surface area contributed by atoms with Gasteiger partial charge in [0, 0.05) is 18.6 Å². The van der Waals surface area contributed by atoms with Crippen LogP contribution in [0.2, 0.25) is 0 Å². The minimum absolute atomic E-state index is 0.620. The molecule has 2 atom stereocenters. The van der Waals surface area contributed by atoms with Crippen LogP contribution in [0.25, 0.3) is 0 Å². The van der Waals surface area contributed by atoms with E-state index in [9.17, 15) is 0 Å². The molecule has 1 aliphatic rings. The van der Waals surface area contributed by atoms with Crippen LogP contribution in [0, 0.1) is 0 Å². The molecule has 0 spiro atoms. The van der Waals surface area contributed by atoms with Gasteiger partial charge in [0.15, 0.2) is 0 Å². The van der Waals surface area contributed by atoms with Gasteiger partial charge in [0.1, 0.15) is 0 Å². The van der Waals surface area contributed by atoms with E-state index in [1.807, 2.05) is 0 Å². The topological polar surface area (TPSA) is 3.24 Å². The summed E-state index contributed by atoms with van der Waals surface area (Å²) in [6.07, 6.45) is 6.23. The smallest absolute Gasteiger partial charge is 0.0239 e. The normalized spacial score (nSPS) is 20.4. The summed E-state index contributed by atoms with van der Waals surface area (Å²) in [6, 6.07) is 34.2. The highest BCUT2D eigenvalue weighted by atomic mass is 15.2. The van der Waals surface area contributed by atoms with Crippen molar-refractivity contribution in [1.29, 1.82) is 0 Å². The van der Waals surface area contributed by atoms with Crippen molar-refractivity contribution in [2.24, 2.45) is 0 Å². The van der Waals surface area contributed by atoms with Crippen molar-refractivity contribution in [2.45, 2.75) is 50.7 Å². The van der Waals surface area contributed by atoms with E-state index in [-0.39, 0.29) is 0 Å². The Morgan fingerprint density at radius 2 is 0.963 bits per heavy atom. The summed E-state index contributed by atoms with van der Waals surface area (Å²) in [6.45, 7) is 1.05. The molecular weight excluding hydrogens is 326 g/mol. The molecule has 1 heterocycles. The van der Waals surface area contributed by atoms with Gasteiger partial charge in [-0.3, -0.25) is 4.90 Å². The molecule has 0 bridgehead atoms. The molecule has 3 aromatic carbocycles. The first-order valence-corrected chi connectivity index (χ1v) is 10.3. The summed E-state index contributed by atoms with van der Waals surface area (Å²) in [7, 11) is 0. The van der Waals surface area contributed by atoms with E-state index in [1.165, 1.54) is 36.0 Å². The number of hydrogen-bond donors (Lipinski definition) is 0. The summed E-state index contributed by atoms with van der Waals surface area (Å²) in [5.74, 6) is 0. The highest BCUT2D eigenvalue weighted by Gasteiger charge is 2.30. The average molecular weight is 356 g/mol. The van der Waals surface area contributed by atoms with E-state index < -0.39 is 0 Å². The zero-order chi connectivity index (χ0) is 18.3. The molecule has 0 aliphatic carbocycles. The number of piperidine rings is 1. The lowest BCUT2D eigenvalue weighted by Crippen LogP contribution is -2.48. The van der Waals surface area contributed by atoms with E-state index in [1.54, 1.807) is 0 Å². The van der Waals surface area contributed by atoms with Crippen molar-refractivity contribution in [3.63, 3.8) is 0 Å². The van der Waals surface area contributed by atoms with Crippen LogP contribution in [0.15, 0.2) is 91.0 Å². The van der Waals surface area contributed by atoms with Crippen LogP contribution in [0.1, 0.15) is 36.0 Å². The van der Waals surface area contributed by atoms with Crippen molar-refractivity contribution in [3.05, 3.63) is 108 Å². The van der Waals surface area contributed by atoms with E-state index in [0.717, 1.165) is 19.4 Å². The predicted molar refractivity (Wildman–Crippen MR) is 114 cm³/mol. The second-order valence-electron chi connectivity index (χ2n) is 7.78. The van der Waals surface area contributed by atoms with Crippen LogP contribution >= 0.6 is 0 Å². The van der Waals surface area contributed by atoms with Crippen LogP contribution in [-0.4, -0.2) is 17.0 Å². The fraction of sp³-hybridized carbons (Fsp3) is 0.308. The highest BCUT2D eigenvalue weighted by Crippen LogP contribution is 2.29. The SMILES string of the molecule is c1ccc(CC2CCCC(Cc3ccccc3)N2Cc2ccccc2)cc1. The fourth-order valence-corrected chi connectivity index (χ4v) is 4.48. The minimum atomic E-state index is 0.620. The molecule has 1 heteroatoms. The first kappa shape index (κ1) is 18.0. The van der Waals surface area contributed by atoms with Crippen LogP contribution < -0.4 is 0 Å². The Balaban J connectivity index is 1.56. The Hall–Kier alpha value is -2.38. The highest BCUT2D eigenvalue weighted by molar-refractivity contribution is 5.20. The van der Waals surface area contributed by atoms with Crippen molar-refractivity contribution >= 4 is 0 Å². The van der Waals surface area contributed by atoms with Gasteiger partial charge in [-0.1, -0.05) is 97.4 Å². The van der Waals surface area contributed by atoms with Crippen molar-refractivity contribution < 1.29 is 0 Å². The van der Waals surface area contributed by atoms with Gasteiger partial charge in [-0.05, 0) is 42.4 Å². The molecule has 1 fully saturated rings. The van der Waals surface area contributed by atoms with E-state index in [2.05, 4.69) is 95.9 Å². The molecule has 0 N–H and O–H groups in total. The first-order valence-electron chi connectivity index (χ1n) is 10.3. The van der Waals surface area contributed by atoms with Gasteiger partial charge >= 0.3 is 0 Å². The van der Waals surface area contributed by atoms with Gasteiger partial charge in [0.2, 0.25) is 0 Å². The second-order valence-corrected chi connectivity index (χ2v) is 7.78. The first-order chi connectivity index (χ1) is 13.4. The van der Waals surface area contributed by atoms with Gasteiger partial charge < -0.3 is 0 Å². The predicted octanol–water partition coefficient (Wildman–Crippen LogP) is 5.90. The number of nitrogens with zero attached hydrogens (tertiary/aromatic N) is 1. The maximum Gasteiger partial charge on any atom is 0.0239 e. The summed E-state index contributed by atoms with van der Waals surface area (Å²) >= 11 is 0. The Morgan fingerprint density at radius 1 is 0.556 bits per heavy atom. The molecule has 0 aromatic heterocycles. The van der Waals surface area contributed by atoms with E-state index >= 15 is 0 Å². The number of benzene rings is 3. The number of likely N-dealkylation sites (tertiary alicyclic amines) is 1. The molecule has 138 valence electrons. The molecule has 1 nitrogen and oxygen atoms in total. The standard InChI is InChI=1S/C26H29N/c1-4-11-22(12-5-1)19-25-17-10-18-26(20-23-13-6-2-7-14-23)27(25)21-24-15-8-3-9-16-24/h1-9,11-16,25-26H,10,17-21H2. The van der Waals surface area contributed by atoms with Gasteiger partial charge in [-0.25, -0.2) is 0 Å². The number of rotatable bonds is 6. The molecule has 0 saturated carbocycles. The average Bonchev–Trinajstić information content (AvgIpc) is 2.73. The summed E-state index contributed by atoms with van der Waals surface area (Å²) in [4.78, 5) is 2.79. The Labute approximate surface area is 163 Å². The zero-order valence-corrected chi connectivity index (χ0v) is 16.0. The Morgan fingerprint density at radius 3 is 1.41 bits per heavy atom. The third-order valence-electron chi connectivity index (χ3n) is 5.85. The molecule has 1 aliphatic heterocycles. The van der Waals surface area contributed by atoms with Gasteiger partial charge in [0.05, 0.1) is 0 Å². The molecule has 27 heavy (non-hydrogen) atoms. The van der Waals surface area contributed by atoms with Crippen molar-refractivity contribution in [1.82, 2.24) is 4.90 Å². The second kappa shape index (κ2) is 9.01. The maximum atomic E-state index is 2.79. The molecule has 3 aromatic rings. The molecule has 1 saturated heterocycles. The molecular formula is C26H29N. The lowest BCUT2D eigenvalue weighted by atomic mass is 9.88. The Bertz CT molecular complexity index is 748.